The topological polar surface area (TPSA) is 0 Å². The number of aryl methyl sites for hydroxylation is 1. The van der Waals surface area contributed by atoms with Crippen molar-refractivity contribution in [3.63, 3.8) is 0 Å². The Morgan fingerprint density at radius 1 is 0.667 bits per heavy atom. The quantitative estimate of drug-likeness (QED) is 0.492. The molecular formula is C23H24S. The molecule has 24 heavy (non-hydrogen) atoms. The standard InChI is InChI=1S/C23H24S/c1-17-9-5-6-10-20(17)21-11-7-8-12-22(21)24-19-15-13-18(14-16-19)23(2,3)4/h5-16H,1-4H3. The first kappa shape index (κ1) is 16.9. The van der Waals surface area contributed by atoms with Crippen LogP contribution in [0.25, 0.3) is 11.1 Å². The third-order valence-corrected chi connectivity index (χ3v) is 5.35. The molecule has 0 saturated carbocycles. The number of hydrogen-bond acceptors (Lipinski definition) is 1. The molecule has 3 aromatic rings. The molecule has 0 aromatic heterocycles. The van der Waals surface area contributed by atoms with E-state index in [4.69, 9.17) is 0 Å². The van der Waals surface area contributed by atoms with E-state index in [0.717, 1.165) is 0 Å². The predicted octanol–water partition coefficient (Wildman–Crippen LogP) is 7.11. The summed E-state index contributed by atoms with van der Waals surface area (Å²) in [5.74, 6) is 0. The summed E-state index contributed by atoms with van der Waals surface area (Å²) in [6, 6.07) is 26.2. The van der Waals surface area contributed by atoms with Crippen molar-refractivity contribution >= 4 is 11.8 Å². The zero-order chi connectivity index (χ0) is 17.2. The predicted molar refractivity (Wildman–Crippen MR) is 106 cm³/mol. The minimum absolute atomic E-state index is 0.197. The Labute approximate surface area is 149 Å². The van der Waals surface area contributed by atoms with E-state index in [1.54, 1.807) is 0 Å². The Kier molecular flexibility index (Phi) is 4.82. The summed E-state index contributed by atoms with van der Waals surface area (Å²) >= 11 is 1.84. The van der Waals surface area contributed by atoms with Crippen LogP contribution in [0.15, 0.2) is 82.6 Å². The van der Waals surface area contributed by atoms with Crippen molar-refractivity contribution in [1.29, 1.82) is 0 Å². The molecule has 0 aliphatic rings. The highest BCUT2D eigenvalue weighted by Crippen LogP contribution is 2.37. The van der Waals surface area contributed by atoms with Gasteiger partial charge < -0.3 is 0 Å². The maximum absolute atomic E-state index is 2.25. The summed E-state index contributed by atoms with van der Waals surface area (Å²) < 4.78 is 0. The van der Waals surface area contributed by atoms with E-state index >= 15 is 0 Å². The largest absolute Gasteiger partial charge is 0.0895 e. The highest BCUT2D eigenvalue weighted by molar-refractivity contribution is 7.99. The van der Waals surface area contributed by atoms with Crippen molar-refractivity contribution in [3.8, 4) is 11.1 Å². The van der Waals surface area contributed by atoms with Crippen LogP contribution in [0.3, 0.4) is 0 Å². The Bertz CT molecular complexity index is 823. The molecular weight excluding hydrogens is 308 g/mol. The lowest BCUT2D eigenvalue weighted by atomic mass is 9.87. The molecule has 0 amide bonds. The molecule has 0 N–H and O–H groups in total. The van der Waals surface area contributed by atoms with Crippen LogP contribution < -0.4 is 0 Å². The average molecular weight is 333 g/mol. The first-order valence-corrected chi connectivity index (χ1v) is 9.20. The zero-order valence-electron chi connectivity index (χ0n) is 14.8. The first-order valence-electron chi connectivity index (χ1n) is 8.38. The second-order valence-corrected chi connectivity index (χ2v) is 8.30. The molecule has 0 heterocycles. The van der Waals surface area contributed by atoms with Crippen LogP contribution in [0.5, 0.6) is 0 Å². The normalized spacial score (nSPS) is 11.5. The number of hydrogen-bond donors (Lipinski definition) is 0. The van der Waals surface area contributed by atoms with E-state index < -0.39 is 0 Å². The van der Waals surface area contributed by atoms with Crippen molar-refractivity contribution in [2.24, 2.45) is 0 Å². The zero-order valence-corrected chi connectivity index (χ0v) is 15.7. The highest BCUT2D eigenvalue weighted by Gasteiger charge is 2.13. The molecule has 1 heteroatoms. The molecule has 0 nitrogen and oxygen atoms in total. The third-order valence-electron chi connectivity index (χ3n) is 4.27. The molecule has 3 rings (SSSR count). The van der Waals surface area contributed by atoms with E-state index in [1.165, 1.54) is 32.0 Å². The SMILES string of the molecule is Cc1ccccc1-c1ccccc1Sc1ccc(C(C)(C)C)cc1. The summed E-state index contributed by atoms with van der Waals surface area (Å²) in [5, 5.41) is 0. The monoisotopic (exact) mass is 332 g/mol. The fourth-order valence-corrected chi connectivity index (χ4v) is 3.76. The first-order chi connectivity index (χ1) is 11.4. The molecule has 0 spiro atoms. The van der Waals surface area contributed by atoms with Gasteiger partial charge >= 0.3 is 0 Å². The maximum atomic E-state index is 2.25. The molecule has 0 atom stereocenters. The Morgan fingerprint density at radius 2 is 1.25 bits per heavy atom. The fraction of sp³-hybridized carbons (Fsp3) is 0.217. The second-order valence-electron chi connectivity index (χ2n) is 7.19. The Hall–Kier alpha value is -1.99. The van der Waals surface area contributed by atoms with Crippen LogP contribution >= 0.6 is 11.8 Å². The maximum Gasteiger partial charge on any atom is 0.0200 e. The molecule has 0 saturated heterocycles. The van der Waals surface area contributed by atoms with Crippen LogP contribution in [0.4, 0.5) is 0 Å². The minimum atomic E-state index is 0.197. The Balaban J connectivity index is 1.93. The van der Waals surface area contributed by atoms with Crippen LogP contribution in [0.1, 0.15) is 31.9 Å². The smallest absolute Gasteiger partial charge is 0.0200 e. The van der Waals surface area contributed by atoms with Gasteiger partial charge in [-0.3, -0.25) is 0 Å². The third kappa shape index (κ3) is 3.73. The lowest BCUT2D eigenvalue weighted by Crippen LogP contribution is -2.10. The molecule has 0 unspecified atom stereocenters. The van der Waals surface area contributed by atoms with E-state index in [1.807, 2.05) is 11.8 Å². The number of benzene rings is 3. The van der Waals surface area contributed by atoms with Crippen molar-refractivity contribution in [3.05, 3.63) is 83.9 Å². The molecule has 3 aromatic carbocycles. The van der Waals surface area contributed by atoms with Gasteiger partial charge in [-0.1, -0.05) is 87.1 Å². The van der Waals surface area contributed by atoms with E-state index in [-0.39, 0.29) is 5.41 Å². The second kappa shape index (κ2) is 6.86. The highest BCUT2D eigenvalue weighted by atomic mass is 32.2. The minimum Gasteiger partial charge on any atom is -0.0895 e. The summed E-state index contributed by atoms with van der Waals surface area (Å²) in [6.45, 7) is 8.93. The van der Waals surface area contributed by atoms with E-state index in [9.17, 15) is 0 Å². The Morgan fingerprint density at radius 3 is 1.88 bits per heavy atom. The van der Waals surface area contributed by atoms with Gasteiger partial charge in [-0.25, -0.2) is 0 Å². The van der Waals surface area contributed by atoms with Gasteiger partial charge in [-0.2, -0.15) is 0 Å². The van der Waals surface area contributed by atoms with Gasteiger partial charge in [0.15, 0.2) is 0 Å². The fourth-order valence-electron chi connectivity index (χ4n) is 2.80. The van der Waals surface area contributed by atoms with Crippen LogP contribution in [-0.4, -0.2) is 0 Å². The molecule has 0 fully saturated rings. The van der Waals surface area contributed by atoms with E-state index in [2.05, 4.69) is 100 Å². The average Bonchev–Trinajstić information content (AvgIpc) is 2.56. The van der Waals surface area contributed by atoms with Gasteiger partial charge in [-0.15, -0.1) is 0 Å². The van der Waals surface area contributed by atoms with E-state index in [0.29, 0.717) is 0 Å². The van der Waals surface area contributed by atoms with Crippen molar-refractivity contribution in [2.75, 3.05) is 0 Å². The summed E-state index contributed by atoms with van der Waals surface area (Å²) in [5.41, 5.74) is 5.50. The molecule has 122 valence electrons. The lowest BCUT2D eigenvalue weighted by molar-refractivity contribution is 0.590. The molecule has 0 aliphatic carbocycles. The van der Waals surface area contributed by atoms with Gasteiger partial charge in [0.1, 0.15) is 0 Å². The summed E-state index contributed by atoms with van der Waals surface area (Å²) in [4.78, 5) is 2.58. The van der Waals surface area contributed by atoms with Crippen molar-refractivity contribution in [2.45, 2.75) is 42.9 Å². The van der Waals surface area contributed by atoms with Gasteiger partial charge in [-0.05, 0) is 52.8 Å². The van der Waals surface area contributed by atoms with Crippen molar-refractivity contribution in [1.82, 2.24) is 0 Å². The van der Waals surface area contributed by atoms with Gasteiger partial charge in [0, 0.05) is 9.79 Å². The van der Waals surface area contributed by atoms with Gasteiger partial charge in [0.2, 0.25) is 0 Å². The van der Waals surface area contributed by atoms with Crippen LogP contribution in [0.2, 0.25) is 0 Å². The molecule has 0 aliphatic heterocycles. The lowest BCUT2D eigenvalue weighted by Gasteiger charge is -2.19. The van der Waals surface area contributed by atoms with Gasteiger partial charge in [0.05, 0.1) is 0 Å². The van der Waals surface area contributed by atoms with Crippen LogP contribution in [-0.2, 0) is 5.41 Å². The van der Waals surface area contributed by atoms with Crippen molar-refractivity contribution < 1.29 is 0 Å². The summed E-state index contributed by atoms with van der Waals surface area (Å²) in [7, 11) is 0. The number of rotatable bonds is 3. The molecule has 0 bridgehead atoms. The van der Waals surface area contributed by atoms with Crippen LogP contribution in [0, 0.1) is 6.92 Å². The van der Waals surface area contributed by atoms with Gasteiger partial charge in [0.25, 0.3) is 0 Å². The summed E-state index contributed by atoms with van der Waals surface area (Å²) in [6.07, 6.45) is 0. The molecule has 0 radical (unpaired) electrons.